The molecule has 1 atom stereocenters. The summed E-state index contributed by atoms with van der Waals surface area (Å²) in [5, 5.41) is 3.39. The number of thiophene rings is 1. The number of amides is 1. The van der Waals surface area contributed by atoms with E-state index in [0.29, 0.717) is 10.3 Å². The lowest BCUT2D eigenvalue weighted by molar-refractivity contribution is 0.103. The minimum Gasteiger partial charge on any atom is -0.371 e. The first kappa shape index (κ1) is 16.1. The number of halogens is 1. The van der Waals surface area contributed by atoms with Crippen molar-refractivity contribution in [3.8, 4) is 0 Å². The monoisotopic (exact) mass is 354 g/mol. The second-order valence-electron chi connectivity index (χ2n) is 6.60. The maximum Gasteiger partial charge on any atom is 0.265 e. The first-order valence-electron chi connectivity index (χ1n) is 8.44. The molecule has 2 heterocycles. The molecule has 3 nitrogen and oxygen atoms in total. The van der Waals surface area contributed by atoms with E-state index >= 15 is 0 Å². The van der Waals surface area contributed by atoms with Gasteiger partial charge in [0.25, 0.3) is 5.91 Å². The van der Waals surface area contributed by atoms with Crippen LogP contribution in [0.1, 0.15) is 23.0 Å². The summed E-state index contributed by atoms with van der Waals surface area (Å²) in [5.74, 6) is 0.230. The number of nitrogens with one attached hydrogen (secondary N) is 1. The lowest BCUT2D eigenvalue weighted by atomic mass is 10.2. The molecule has 2 aromatic carbocycles. The minimum atomic E-state index is -0.294. The zero-order chi connectivity index (χ0) is 17.4. The molecule has 1 aromatic heterocycles. The minimum absolute atomic E-state index is 0.205. The van der Waals surface area contributed by atoms with Crippen LogP contribution >= 0.6 is 11.3 Å². The fourth-order valence-electron chi connectivity index (χ4n) is 3.26. The largest absolute Gasteiger partial charge is 0.371 e. The molecule has 1 aliphatic heterocycles. The maximum atomic E-state index is 13.8. The van der Waals surface area contributed by atoms with Crippen molar-refractivity contribution in [1.82, 2.24) is 0 Å². The molecule has 1 fully saturated rings. The van der Waals surface area contributed by atoms with Gasteiger partial charge in [-0.3, -0.25) is 4.79 Å². The van der Waals surface area contributed by atoms with Crippen molar-refractivity contribution in [2.75, 3.05) is 23.3 Å². The summed E-state index contributed by atoms with van der Waals surface area (Å²) in [6.45, 7) is 4.43. The van der Waals surface area contributed by atoms with Crippen LogP contribution in [0.25, 0.3) is 10.1 Å². The van der Waals surface area contributed by atoms with Gasteiger partial charge in [0.05, 0.1) is 4.88 Å². The molecule has 1 N–H and O–H groups in total. The second-order valence-corrected chi connectivity index (χ2v) is 7.69. The van der Waals surface area contributed by atoms with Crippen molar-refractivity contribution >= 4 is 38.7 Å². The SMILES string of the molecule is CC1CCN(c2ccc(NC(=O)c3cc4c(F)cccc4s3)cc2)C1. The van der Waals surface area contributed by atoms with Crippen molar-refractivity contribution in [3.05, 3.63) is 59.2 Å². The third kappa shape index (κ3) is 3.24. The number of rotatable bonds is 3. The van der Waals surface area contributed by atoms with Gasteiger partial charge in [-0.05, 0) is 54.8 Å². The summed E-state index contributed by atoms with van der Waals surface area (Å²) >= 11 is 1.30. The van der Waals surface area contributed by atoms with Crippen LogP contribution < -0.4 is 10.2 Å². The number of hydrogen-bond donors (Lipinski definition) is 1. The Morgan fingerprint density at radius 1 is 1.24 bits per heavy atom. The maximum absolute atomic E-state index is 13.8. The Morgan fingerprint density at radius 2 is 2.04 bits per heavy atom. The average Bonchev–Trinajstić information content (AvgIpc) is 3.23. The zero-order valence-corrected chi connectivity index (χ0v) is 14.8. The lowest BCUT2D eigenvalue weighted by Gasteiger charge is -2.18. The lowest BCUT2D eigenvalue weighted by Crippen LogP contribution is -2.19. The Bertz CT molecular complexity index is 919. The molecule has 0 aliphatic carbocycles. The Hall–Kier alpha value is -2.40. The molecule has 0 spiro atoms. The molecule has 1 saturated heterocycles. The molecular formula is C20H19FN2OS. The van der Waals surface area contributed by atoms with E-state index in [1.54, 1.807) is 12.1 Å². The van der Waals surface area contributed by atoms with Crippen LogP contribution in [-0.4, -0.2) is 19.0 Å². The molecule has 1 aliphatic rings. The molecule has 0 saturated carbocycles. The normalized spacial score (nSPS) is 17.2. The molecule has 4 rings (SSSR count). The van der Waals surface area contributed by atoms with Gasteiger partial charge in [-0.15, -0.1) is 11.3 Å². The van der Waals surface area contributed by atoms with Crippen LogP contribution in [0.2, 0.25) is 0 Å². The first-order valence-corrected chi connectivity index (χ1v) is 9.26. The summed E-state index contributed by atoms with van der Waals surface area (Å²) in [6, 6.07) is 14.4. The van der Waals surface area contributed by atoms with Gasteiger partial charge < -0.3 is 10.2 Å². The molecule has 25 heavy (non-hydrogen) atoms. The predicted octanol–water partition coefficient (Wildman–Crippen LogP) is 5.14. The van der Waals surface area contributed by atoms with Crippen molar-refractivity contribution in [2.45, 2.75) is 13.3 Å². The van der Waals surface area contributed by atoms with Crippen molar-refractivity contribution in [1.29, 1.82) is 0 Å². The highest BCUT2D eigenvalue weighted by Crippen LogP contribution is 2.29. The van der Waals surface area contributed by atoms with E-state index in [1.165, 1.54) is 29.5 Å². The van der Waals surface area contributed by atoms with Crippen LogP contribution in [-0.2, 0) is 0 Å². The van der Waals surface area contributed by atoms with E-state index in [-0.39, 0.29) is 11.7 Å². The second kappa shape index (κ2) is 6.48. The van der Waals surface area contributed by atoms with Crippen LogP contribution in [0.5, 0.6) is 0 Å². The number of benzene rings is 2. The molecule has 5 heteroatoms. The number of fused-ring (bicyclic) bond motifs is 1. The number of anilines is 2. The quantitative estimate of drug-likeness (QED) is 0.706. The molecule has 0 bridgehead atoms. The van der Waals surface area contributed by atoms with Gasteiger partial charge in [-0.25, -0.2) is 4.39 Å². The Balaban J connectivity index is 1.49. The predicted molar refractivity (Wildman–Crippen MR) is 102 cm³/mol. The third-order valence-corrected chi connectivity index (χ3v) is 5.75. The van der Waals surface area contributed by atoms with E-state index in [1.807, 2.05) is 30.3 Å². The highest BCUT2D eigenvalue weighted by atomic mass is 32.1. The van der Waals surface area contributed by atoms with E-state index in [4.69, 9.17) is 0 Å². The molecule has 1 unspecified atom stereocenters. The number of carbonyl (C=O) groups is 1. The molecular weight excluding hydrogens is 335 g/mol. The summed E-state index contributed by atoms with van der Waals surface area (Å²) in [7, 11) is 0. The number of carbonyl (C=O) groups excluding carboxylic acids is 1. The van der Waals surface area contributed by atoms with Gasteiger partial charge >= 0.3 is 0 Å². The van der Waals surface area contributed by atoms with Gasteiger partial charge in [0.1, 0.15) is 5.82 Å². The van der Waals surface area contributed by atoms with Crippen molar-refractivity contribution in [2.24, 2.45) is 5.92 Å². The highest BCUT2D eigenvalue weighted by molar-refractivity contribution is 7.20. The zero-order valence-electron chi connectivity index (χ0n) is 14.0. The summed E-state index contributed by atoms with van der Waals surface area (Å²) in [4.78, 5) is 15.3. The summed E-state index contributed by atoms with van der Waals surface area (Å²) in [6.07, 6.45) is 1.22. The van der Waals surface area contributed by atoms with Crippen LogP contribution in [0.15, 0.2) is 48.5 Å². The van der Waals surface area contributed by atoms with Gasteiger partial charge in [-0.2, -0.15) is 0 Å². The van der Waals surface area contributed by atoms with Gasteiger partial charge in [0, 0.05) is 34.6 Å². The Labute approximate surface area is 150 Å². The number of hydrogen-bond acceptors (Lipinski definition) is 3. The van der Waals surface area contributed by atoms with Gasteiger partial charge in [0.15, 0.2) is 0 Å². The summed E-state index contributed by atoms with van der Waals surface area (Å²) in [5.41, 5.74) is 1.94. The van der Waals surface area contributed by atoms with Gasteiger partial charge in [-0.1, -0.05) is 13.0 Å². The molecule has 1 amide bonds. The van der Waals surface area contributed by atoms with Crippen LogP contribution in [0.3, 0.4) is 0 Å². The fourth-order valence-corrected chi connectivity index (χ4v) is 4.23. The van der Waals surface area contributed by atoms with E-state index in [9.17, 15) is 9.18 Å². The van der Waals surface area contributed by atoms with Gasteiger partial charge in [0.2, 0.25) is 0 Å². The van der Waals surface area contributed by atoms with E-state index in [2.05, 4.69) is 17.1 Å². The van der Waals surface area contributed by atoms with Crippen LogP contribution in [0, 0.1) is 11.7 Å². The average molecular weight is 354 g/mol. The Kier molecular flexibility index (Phi) is 4.17. The topological polar surface area (TPSA) is 32.3 Å². The fraction of sp³-hybridized carbons (Fsp3) is 0.250. The van der Waals surface area contributed by atoms with E-state index < -0.39 is 0 Å². The first-order chi connectivity index (χ1) is 12.1. The Morgan fingerprint density at radius 3 is 2.72 bits per heavy atom. The summed E-state index contributed by atoms with van der Waals surface area (Å²) < 4.78 is 14.6. The van der Waals surface area contributed by atoms with E-state index in [0.717, 1.165) is 29.4 Å². The van der Waals surface area contributed by atoms with Crippen molar-refractivity contribution in [3.63, 3.8) is 0 Å². The standard InChI is InChI=1S/C20H19FN2OS/c1-13-9-10-23(12-13)15-7-5-14(6-8-15)22-20(24)19-11-16-17(21)3-2-4-18(16)25-19/h2-8,11,13H,9-10,12H2,1H3,(H,22,24). The third-order valence-electron chi connectivity index (χ3n) is 4.65. The smallest absolute Gasteiger partial charge is 0.265 e. The van der Waals surface area contributed by atoms with Crippen LogP contribution in [0.4, 0.5) is 15.8 Å². The molecule has 3 aromatic rings. The van der Waals surface area contributed by atoms with Crippen molar-refractivity contribution < 1.29 is 9.18 Å². The number of nitrogens with zero attached hydrogens (tertiary/aromatic N) is 1. The molecule has 128 valence electrons. The highest BCUT2D eigenvalue weighted by Gasteiger charge is 2.19. The molecule has 0 radical (unpaired) electrons.